The molecule has 0 bridgehead atoms. The fourth-order valence-corrected chi connectivity index (χ4v) is 2.94. The number of methoxy groups -OCH3 is 1. The maximum Gasteiger partial charge on any atom is 0.221 e. The zero-order valence-electron chi connectivity index (χ0n) is 16.7. The molecule has 0 unspecified atom stereocenters. The Hall–Kier alpha value is -3.28. The number of hydrogen-bond acceptors (Lipinski definition) is 5. The van der Waals surface area contributed by atoms with E-state index in [4.69, 9.17) is 4.74 Å². The van der Waals surface area contributed by atoms with Gasteiger partial charge in [-0.15, -0.1) is 0 Å². The number of anilines is 1. The first-order valence-electron chi connectivity index (χ1n) is 9.07. The molecule has 0 saturated carbocycles. The number of fused-ring (bicyclic) bond motifs is 1. The molecule has 1 N–H and O–H groups in total. The predicted octanol–water partition coefficient (Wildman–Crippen LogP) is 4.48. The van der Waals surface area contributed by atoms with Gasteiger partial charge < -0.3 is 10.1 Å². The molecule has 2 aromatic rings. The average molecular weight is 379 g/mol. The van der Waals surface area contributed by atoms with Gasteiger partial charge in [-0.05, 0) is 43.6 Å². The van der Waals surface area contributed by atoms with E-state index in [0.29, 0.717) is 35.6 Å². The highest BCUT2D eigenvalue weighted by atomic mass is 16.5. The molecule has 6 heteroatoms. The van der Waals surface area contributed by atoms with Gasteiger partial charge in [-0.25, -0.2) is 9.97 Å². The first kappa shape index (κ1) is 21.0. The Morgan fingerprint density at radius 3 is 2.71 bits per heavy atom. The number of pyridine rings is 2. The van der Waals surface area contributed by atoms with E-state index in [2.05, 4.69) is 21.9 Å². The maximum absolute atomic E-state index is 12.1. The molecule has 0 radical (unpaired) electrons. The molecule has 6 nitrogen and oxygen atoms in total. The van der Waals surface area contributed by atoms with Crippen LogP contribution in [0, 0.1) is 0 Å². The Morgan fingerprint density at radius 1 is 1.36 bits per heavy atom. The summed E-state index contributed by atoms with van der Waals surface area (Å²) in [6.07, 6.45) is 7.23. The lowest BCUT2D eigenvalue weighted by molar-refractivity contribution is -0.115. The molecule has 2 aromatic heterocycles. The predicted molar refractivity (Wildman–Crippen MR) is 112 cm³/mol. The third-order valence-electron chi connectivity index (χ3n) is 4.29. The smallest absolute Gasteiger partial charge is 0.221 e. The number of carbonyl (C=O) groups is 2. The van der Waals surface area contributed by atoms with Crippen molar-refractivity contribution in [3.63, 3.8) is 0 Å². The first-order chi connectivity index (χ1) is 13.4. The van der Waals surface area contributed by atoms with E-state index in [1.807, 2.05) is 32.9 Å². The maximum atomic E-state index is 12.1. The van der Waals surface area contributed by atoms with E-state index in [1.165, 1.54) is 0 Å². The largest absolute Gasteiger partial charge is 0.481 e. The van der Waals surface area contributed by atoms with Crippen molar-refractivity contribution in [3.05, 3.63) is 53.8 Å². The standard InChI is InChI=1S/C22H25N3O3/c1-6-8-20(27)15(4)9-14(3)17(7-2)18-10-16-12-23-21(24-13-26)11-19(16)25-22(18)28-5/h7,9-13H,4,6,8H2,1-3,5H3,(H,23,24,26)/b14-9-,17-7+. The van der Waals surface area contributed by atoms with Crippen LogP contribution in [0.4, 0.5) is 5.82 Å². The van der Waals surface area contributed by atoms with Crippen LogP contribution in [0.3, 0.4) is 0 Å². The molecule has 0 aliphatic heterocycles. The lowest BCUT2D eigenvalue weighted by Crippen LogP contribution is -2.01. The summed E-state index contributed by atoms with van der Waals surface area (Å²) in [5, 5.41) is 3.32. The number of aromatic nitrogens is 2. The van der Waals surface area contributed by atoms with Gasteiger partial charge in [0.25, 0.3) is 0 Å². The van der Waals surface area contributed by atoms with Gasteiger partial charge in [0.1, 0.15) is 5.82 Å². The molecule has 0 spiro atoms. The molecule has 2 rings (SSSR count). The van der Waals surface area contributed by atoms with Crippen molar-refractivity contribution in [2.24, 2.45) is 0 Å². The van der Waals surface area contributed by atoms with Crippen molar-refractivity contribution in [2.45, 2.75) is 33.6 Å². The monoisotopic (exact) mass is 379 g/mol. The summed E-state index contributed by atoms with van der Waals surface area (Å²) in [5.74, 6) is 0.903. The van der Waals surface area contributed by atoms with Gasteiger partial charge in [0.2, 0.25) is 12.3 Å². The first-order valence-corrected chi connectivity index (χ1v) is 9.07. The summed E-state index contributed by atoms with van der Waals surface area (Å²) < 4.78 is 5.50. The molecule has 0 atom stereocenters. The molecule has 0 aromatic carbocycles. The van der Waals surface area contributed by atoms with E-state index in [0.717, 1.165) is 28.5 Å². The number of ketones is 1. The lowest BCUT2D eigenvalue weighted by Gasteiger charge is -2.14. The van der Waals surface area contributed by atoms with Gasteiger partial charge in [-0.2, -0.15) is 0 Å². The van der Waals surface area contributed by atoms with Gasteiger partial charge in [-0.1, -0.05) is 19.6 Å². The second-order valence-corrected chi connectivity index (χ2v) is 6.30. The van der Waals surface area contributed by atoms with Crippen molar-refractivity contribution >= 4 is 34.5 Å². The van der Waals surface area contributed by atoms with Crippen molar-refractivity contribution in [3.8, 4) is 5.88 Å². The summed E-state index contributed by atoms with van der Waals surface area (Å²) in [6.45, 7) is 9.71. The van der Waals surface area contributed by atoms with Gasteiger partial charge in [0, 0.05) is 35.2 Å². The van der Waals surface area contributed by atoms with E-state index in [1.54, 1.807) is 25.4 Å². The Bertz CT molecular complexity index is 974. The molecule has 0 saturated heterocycles. The SMILES string of the molecule is C=C(/C=C(C)\C(=C/C)c1cc2cnc(NC=O)cc2nc1OC)C(=O)CCC. The Labute approximate surface area is 165 Å². The Balaban J connectivity index is 2.50. The van der Waals surface area contributed by atoms with Crippen molar-refractivity contribution in [1.82, 2.24) is 9.97 Å². The quantitative estimate of drug-likeness (QED) is 0.395. The minimum absolute atomic E-state index is 0.0420. The Morgan fingerprint density at radius 2 is 2.11 bits per heavy atom. The number of nitrogens with one attached hydrogen (secondary N) is 1. The normalized spacial score (nSPS) is 12.0. The number of amides is 1. The van der Waals surface area contributed by atoms with E-state index >= 15 is 0 Å². The van der Waals surface area contributed by atoms with Crippen LogP contribution in [0.25, 0.3) is 16.5 Å². The highest BCUT2D eigenvalue weighted by molar-refractivity contribution is 5.99. The zero-order valence-corrected chi connectivity index (χ0v) is 16.7. The van der Waals surface area contributed by atoms with Gasteiger partial charge >= 0.3 is 0 Å². The zero-order chi connectivity index (χ0) is 20.7. The highest BCUT2D eigenvalue weighted by Crippen LogP contribution is 2.33. The summed E-state index contributed by atoms with van der Waals surface area (Å²) in [6, 6.07) is 3.61. The molecule has 1 amide bonds. The van der Waals surface area contributed by atoms with Crippen molar-refractivity contribution in [2.75, 3.05) is 12.4 Å². The molecule has 146 valence electrons. The molecule has 2 heterocycles. The van der Waals surface area contributed by atoms with Crippen LogP contribution in [0.2, 0.25) is 0 Å². The number of carbonyl (C=O) groups excluding carboxylic acids is 2. The van der Waals surface area contributed by atoms with Gasteiger partial charge in [-0.3, -0.25) is 9.59 Å². The van der Waals surface area contributed by atoms with Crippen LogP contribution in [0.15, 0.2) is 48.2 Å². The second-order valence-electron chi connectivity index (χ2n) is 6.30. The second kappa shape index (κ2) is 9.60. The number of Topliss-reactive ketones (excluding diaryl/α,β-unsaturated/α-hetero) is 1. The fourth-order valence-electron chi connectivity index (χ4n) is 2.94. The minimum Gasteiger partial charge on any atom is -0.481 e. The number of nitrogens with zero attached hydrogens (tertiary/aromatic N) is 2. The van der Waals surface area contributed by atoms with Gasteiger partial charge in [0.15, 0.2) is 5.78 Å². The van der Waals surface area contributed by atoms with Crippen molar-refractivity contribution < 1.29 is 14.3 Å². The van der Waals surface area contributed by atoms with Crippen LogP contribution in [-0.2, 0) is 9.59 Å². The summed E-state index contributed by atoms with van der Waals surface area (Å²) in [5.41, 5.74) is 3.72. The fraction of sp³-hybridized carbons (Fsp3) is 0.273. The van der Waals surface area contributed by atoms with Gasteiger partial charge in [0.05, 0.1) is 12.6 Å². The summed E-state index contributed by atoms with van der Waals surface area (Å²) >= 11 is 0. The van der Waals surface area contributed by atoms with Crippen molar-refractivity contribution in [1.29, 1.82) is 0 Å². The number of rotatable bonds is 9. The Kier molecular flexibility index (Phi) is 7.21. The average Bonchev–Trinajstić information content (AvgIpc) is 2.68. The molecule has 0 aliphatic rings. The van der Waals surface area contributed by atoms with E-state index in [9.17, 15) is 9.59 Å². The molecule has 28 heavy (non-hydrogen) atoms. The highest BCUT2D eigenvalue weighted by Gasteiger charge is 2.15. The molecular formula is C22H25N3O3. The van der Waals surface area contributed by atoms with Crippen LogP contribution in [0.1, 0.15) is 39.2 Å². The third kappa shape index (κ3) is 4.71. The molecular weight excluding hydrogens is 354 g/mol. The summed E-state index contributed by atoms with van der Waals surface area (Å²) in [7, 11) is 1.56. The van der Waals surface area contributed by atoms with Crippen LogP contribution in [0.5, 0.6) is 5.88 Å². The third-order valence-corrected chi connectivity index (χ3v) is 4.29. The van der Waals surface area contributed by atoms with E-state index in [-0.39, 0.29) is 5.78 Å². The van der Waals surface area contributed by atoms with Crippen LogP contribution >= 0.6 is 0 Å². The molecule has 0 fully saturated rings. The van der Waals surface area contributed by atoms with Crippen LogP contribution < -0.4 is 10.1 Å². The summed E-state index contributed by atoms with van der Waals surface area (Å²) in [4.78, 5) is 31.5. The number of ether oxygens (including phenoxy) is 1. The van der Waals surface area contributed by atoms with E-state index < -0.39 is 0 Å². The lowest BCUT2D eigenvalue weighted by atomic mass is 9.95. The minimum atomic E-state index is 0.0420. The number of allylic oxidation sites excluding steroid dienone is 5. The topological polar surface area (TPSA) is 81.2 Å². The van der Waals surface area contributed by atoms with Crippen LogP contribution in [-0.4, -0.2) is 29.3 Å². The molecule has 0 aliphatic carbocycles. The number of hydrogen-bond donors (Lipinski definition) is 1.